The van der Waals surface area contributed by atoms with Crippen molar-refractivity contribution in [2.45, 2.75) is 5.75 Å². The molecule has 0 aliphatic rings. The molecule has 3 nitrogen and oxygen atoms in total. The molecule has 0 heterocycles. The van der Waals surface area contributed by atoms with Gasteiger partial charge in [-0.15, -0.1) is 0 Å². The van der Waals surface area contributed by atoms with Crippen LogP contribution in [0.15, 0.2) is 48.5 Å². The molecule has 0 unspecified atom stereocenters. The third kappa shape index (κ3) is 3.51. The van der Waals surface area contributed by atoms with Crippen molar-refractivity contribution in [3.63, 3.8) is 0 Å². The van der Waals surface area contributed by atoms with Gasteiger partial charge in [0.25, 0.3) is 5.91 Å². The number of hydrogen-bond donors (Lipinski definition) is 2. The highest BCUT2D eigenvalue weighted by atomic mass is 32.1. The molecule has 0 aliphatic heterocycles. The van der Waals surface area contributed by atoms with E-state index in [1.807, 2.05) is 12.1 Å². The van der Waals surface area contributed by atoms with Crippen LogP contribution in [0.4, 0.5) is 5.69 Å². The molecule has 0 aliphatic carbocycles. The summed E-state index contributed by atoms with van der Waals surface area (Å²) in [5.41, 5.74) is 2.45. The zero-order valence-electron chi connectivity index (χ0n) is 10.6. The average molecular weight is 273 g/mol. The van der Waals surface area contributed by atoms with Crippen molar-refractivity contribution in [3.8, 4) is 5.75 Å². The number of hydrogen-bond acceptors (Lipinski definition) is 3. The molecule has 0 saturated carbocycles. The molecule has 98 valence electrons. The van der Waals surface area contributed by atoms with Gasteiger partial charge in [0.1, 0.15) is 5.75 Å². The Kier molecular flexibility index (Phi) is 4.47. The first-order valence-corrected chi connectivity index (χ1v) is 6.51. The molecule has 1 amide bonds. The van der Waals surface area contributed by atoms with Crippen molar-refractivity contribution in [2.24, 2.45) is 0 Å². The first-order chi connectivity index (χ1) is 9.22. The summed E-state index contributed by atoms with van der Waals surface area (Å²) in [5, 5.41) is 2.83. The van der Waals surface area contributed by atoms with E-state index in [4.69, 9.17) is 4.74 Å². The van der Waals surface area contributed by atoms with Gasteiger partial charge in [-0.05, 0) is 42.0 Å². The number of anilines is 1. The monoisotopic (exact) mass is 273 g/mol. The van der Waals surface area contributed by atoms with Crippen LogP contribution in [-0.4, -0.2) is 13.0 Å². The van der Waals surface area contributed by atoms with E-state index < -0.39 is 0 Å². The Balaban J connectivity index is 2.06. The summed E-state index contributed by atoms with van der Waals surface area (Å²) < 4.78 is 5.06. The van der Waals surface area contributed by atoms with Crippen molar-refractivity contribution in [1.29, 1.82) is 0 Å². The normalized spacial score (nSPS) is 10.0. The number of carbonyl (C=O) groups excluding carboxylic acids is 1. The molecule has 0 spiro atoms. The summed E-state index contributed by atoms with van der Waals surface area (Å²) in [6.45, 7) is 0. The Morgan fingerprint density at radius 3 is 2.26 bits per heavy atom. The molecular formula is C15H15NO2S. The van der Waals surface area contributed by atoms with E-state index in [0.29, 0.717) is 11.3 Å². The molecule has 19 heavy (non-hydrogen) atoms. The molecule has 0 aromatic heterocycles. The number of methoxy groups -OCH3 is 1. The maximum absolute atomic E-state index is 12.0. The largest absolute Gasteiger partial charge is 0.497 e. The fraction of sp³-hybridized carbons (Fsp3) is 0.133. The predicted octanol–water partition coefficient (Wildman–Crippen LogP) is 3.38. The fourth-order valence-corrected chi connectivity index (χ4v) is 1.85. The zero-order valence-corrected chi connectivity index (χ0v) is 11.5. The van der Waals surface area contributed by atoms with Gasteiger partial charge >= 0.3 is 0 Å². The number of nitrogens with one attached hydrogen (secondary N) is 1. The Morgan fingerprint density at radius 1 is 1.11 bits per heavy atom. The van der Waals surface area contributed by atoms with Crippen LogP contribution in [0, 0.1) is 0 Å². The van der Waals surface area contributed by atoms with E-state index in [1.165, 1.54) is 0 Å². The maximum Gasteiger partial charge on any atom is 0.255 e. The van der Waals surface area contributed by atoms with Crippen LogP contribution >= 0.6 is 12.6 Å². The van der Waals surface area contributed by atoms with E-state index >= 15 is 0 Å². The first-order valence-electron chi connectivity index (χ1n) is 5.88. The lowest BCUT2D eigenvalue weighted by Crippen LogP contribution is -2.11. The lowest BCUT2D eigenvalue weighted by molar-refractivity contribution is 0.102. The SMILES string of the molecule is COc1ccc(NC(=O)c2ccc(CS)cc2)cc1. The summed E-state index contributed by atoms with van der Waals surface area (Å²) in [6, 6.07) is 14.6. The van der Waals surface area contributed by atoms with E-state index in [2.05, 4.69) is 17.9 Å². The lowest BCUT2D eigenvalue weighted by Gasteiger charge is -2.06. The molecule has 0 atom stereocenters. The van der Waals surface area contributed by atoms with Gasteiger partial charge in [-0.3, -0.25) is 4.79 Å². The molecule has 2 aromatic rings. The Hall–Kier alpha value is -1.94. The molecule has 1 N–H and O–H groups in total. The zero-order chi connectivity index (χ0) is 13.7. The molecule has 2 aromatic carbocycles. The van der Waals surface area contributed by atoms with Crippen LogP contribution in [0.5, 0.6) is 5.75 Å². The number of carbonyl (C=O) groups is 1. The number of rotatable bonds is 4. The highest BCUT2D eigenvalue weighted by Crippen LogP contribution is 2.16. The second-order valence-corrected chi connectivity index (χ2v) is 4.35. The molecule has 0 radical (unpaired) electrons. The molecule has 4 heteroatoms. The highest BCUT2D eigenvalue weighted by molar-refractivity contribution is 7.79. The third-order valence-electron chi connectivity index (χ3n) is 2.75. The van der Waals surface area contributed by atoms with Crippen LogP contribution in [-0.2, 0) is 5.75 Å². The highest BCUT2D eigenvalue weighted by Gasteiger charge is 2.05. The van der Waals surface area contributed by atoms with Gasteiger partial charge in [-0.1, -0.05) is 12.1 Å². The average Bonchev–Trinajstić information content (AvgIpc) is 2.48. The van der Waals surface area contributed by atoms with Crippen LogP contribution < -0.4 is 10.1 Å². The second-order valence-electron chi connectivity index (χ2n) is 4.04. The van der Waals surface area contributed by atoms with E-state index in [1.54, 1.807) is 43.5 Å². The van der Waals surface area contributed by atoms with Crippen molar-refractivity contribution >= 4 is 24.2 Å². The molecular weight excluding hydrogens is 258 g/mol. The summed E-state index contributed by atoms with van der Waals surface area (Å²) >= 11 is 4.18. The van der Waals surface area contributed by atoms with E-state index in [-0.39, 0.29) is 5.91 Å². The Bertz CT molecular complexity index is 549. The molecule has 2 rings (SSSR count). The minimum absolute atomic E-state index is 0.129. The minimum Gasteiger partial charge on any atom is -0.497 e. The second kappa shape index (κ2) is 6.29. The van der Waals surface area contributed by atoms with Gasteiger partial charge in [0.05, 0.1) is 7.11 Å². The standard InChI is InChI=1S/C15H15NO2S/c1-18-14-8-6-13(7-9-14)16-15(17)12-4-2-11(10-19)3-5-12/h2-9,19H,10H2,1H3,(H,16,17). The molecule has 0 fully saturated rings. The number of benzene rings is 2. The van der Waals surface area contributed by atoms with Crippen molar-refractivity contribution in [3.05, 3.63) is 59.7 Å². The smallest absolute Gasteiger partial charge is 0.255 e. The van der Waals surface area contributed by atoms with Gasteiger partial charge in [-0.25, -0.2) is 0 Å². The summed E-state index contributed by atoms with van der Waals surface area (Å²) in [7, 11) is 1.61. The van der Waals surface area contributed by atoms with Crippen LogP contribution in [0.2, 0.25) is 0 Å². The summed E-state index contributed by atoms with van der Waals surface area (Å²) in [5.74, 6) is 1.30. The first kappa shape index (κ1) is 13.5. The van der Waals surface area contributed by atoms with Gasteiger partial charge < -0.3 is 10.1 Å². The van der Waals surface area contributed by atoms with Gasteiger partial charge in [0.2, 0.25) is 0 Å². The summed E-state index contributed by atoms with van der Waals surface area (Å²) in [6.07, 6.45) is 0. The van der Waals surface area contributed by atoms with Gasteiger partial charge in [0.15, 0.2) is 0 Å². The molecule has 0 saturated heterocycles. The third-order valence-corrected chi connectivity index (χ3v) is 3.11. The van der Waals surface area contributed by atoms with Crippen molar-refractivity contribution in [2.75, 3.05) is 12.4 Å². The maximum atomic E-state index is 12.0. The topological polar surface area (TPSA) is 38.3 Å². The van der Waals surface area contributed by atoms with Gasteiger partial charge in [0, 0.05) is 17.0 Å². The fourth-order valence-electron chi connectivity index (χ4n) is 1.64. The Morgan fingerprint density at radius 2 is 1.74 bits per heavy atom. The van der Waals surface area contributed by atoms with Crippen LogP contribution in [0.3, 0.4) is 0 Å². The summed E-state index contributed by atoms with van der Waals surface area (Å²) in [4.78, 5) is 12.0. The quantitative estimate of drug-likeness (QED) is 0.838. The van der Waals surface area contributed by atoms with Crippen LogP contribution in [0.25, 0.3) is 0 Å². The van der Waals surface area contributed by atoms with E-state index in [9.17, 15) is 4.79 Å². The van der Waals surface area contributed by atoms with Crippen molar-refractivity contribution < 1.29 is 9.53 Å². The van der Waals surface area contributed by atoms with E-state index in [0.717, 1.165) is 17.0 Å². The van der Waals surface area contributed by atoms with Crippen LogP contribution in [0.1, 0.15) is 15.9 Å². The number of amides is 1. The minimum atomic E-state index is -0.129. The van der Waals surface area contributed by atoms with Crippen molar-refractivity contribution in [1.82, 2.24) is 0 Å². The van der Waals surface area contributed by atoms with Gasteiger partial charge in [-0.2, -0.15) is 12.6 Å². The number of thiol groups is 1. The lowest BCUT2D eigenvalue weighted by atomic mass is 10.1. The molecule has 0 bridgehead atoms. The number of ether oxygens (including phenoxy) is 1. The predicted molar refractivity (Wildman–Crippen MR) is 80.1 cm³/mol. The Labute approximate surface area is 118 Å².